The molecular formula is C29H26ClN5O6. The van der Waals surface area contributed by atoms with Crippen LogP contribution in [0.3, 0.4) is 0 Å². The van der Waals surface area contributed by atoms with Crippen molar-refractivity contribution in [2.45, 2.75) is 19.0 Å². The third kappa shape index (κ3) is 4.37. The van der Waals surface area contributed by atoms with Gasteiger partial charge in [-0.05, 0) is 47.5 Å². The monoisotopic (exact) mass is 575 g/mol. The molecule has 12 heteroatoms. The van der Waals surface area contributed by atoms with Gasteiger partial charge in [0, 0.05) is 55.4 Å². The molecule has 3 aromatic carbocycles. The molecule has 3 aromatic rings. The molecule has 0 bridgehead atoms. The predicted octanol–water partition coefficient (Wildman–Crippen LogP) is 3.77. The molecule has 11 nitrogen and oxygen atoms in total. The van der Waals surface area contributed by atoms with Gasteiger partial charge in [0.25, 0.3) is 11.6 Å². The second-order valence-electron chi connectivity index (χ2n) is 10.4. The zero-order valence-electron chi connectivity index (χ0n) is 22.1. The second-order valence-corrected chi connectivity index (χ2v) is 10.8. The summed E-state index contributed by atoms with van der Waals surface area (Å²) in [5.74, 6) is -0.857. The standard InChI is InChI=1S/C29H26ClN5O6/c1-41-22-9-6-20(7-10-22)34-27(37)29(26(36)31-28(34)38)15-19-14-21(35(39)40)8-11-24(19)33-13-12-32(17-25(29)33)16-18-4-2-3-5-23(18)30/h2-11,14,25H,12-13,15-17H2,1H3,(H,31,36,38)/t25-,29+/m0/s1. The molecule has 0 saturated carbocycles. The summed E-state index contributed by atoms with van der Waals surface area (Å²) in [7, 11) is 1.51. The maximum absolute atomic E-state index is 14.5. The number of nitro benzene ring substituents is 1. The van der Waals surface area contributed by atoms with Gasteiger partial charge in [0.1, 0.15) is 5.75 Å². The smallest absolute Gasteiger partial charge is 0.335 e. The highest BCUT2D eigenvalue weighted by Gasteiger charge is 2.63. The molecule has 210 valence electrons. The Hall–Kier alpha value is -4.48. The summed E-state index contributed by atoms with van der Waals surface area (Å²) < 4.78 is 5.21. The number of benzene rings is 3. The molecule has 2 fully saturated rings. The number of halogens is 1. The van der Waals surface area contributed by atoms with Crippen molar-refractivity contribution in [1.29, 1.82) is 0 Å². The van der Waals surface area contributed by atoms with Gasteiger partial charge in [-0.2, -0.15) is 0 Å². The van der Waals surface area contributed by atoms with Crippen LogP contribution in [0.1, 0.15) is 11.1 Å². The van der Waals surface area contributed by atoms with Crippen molar-refractivity contribution < 1.29 is 24.0 Å². The molecule has 2 atom stereocenters. The highest BCUT2D eigenvalue weighted by Crippen LogP contribution is 2.47. The van der Waals surface area contributed by atoms with Crippen LogP contribution in [-0.2, 0) is 22.6 Å². The summed E-state index contributed by atoms with van der Waals surface area (Å²) in [5.41, 5.74) is 0.564. The molecule has 0 radical (unpaired) electrons. The molecule has 3 aliphatic rings. The fourth-order valence-electron chi connectivity index (χ4n) is 6.16. The van der Waals surface area contributed by atoms with Gasteiger partial charge in [-0.15, -0.1) is 0 Å². The molecule has 41 heavy (non-hydrogen) atoms. The van der Waals surface area contributed by atoms with Gasteiger partial charge in [0.2, 0.25) is 5.91 Å². The second kappa shape index (κ2) is 10.2. The van der Waals surface area contributed by atoms with Crippen molar-refractivity contribution in [1.82, 2.24) is 10.2 Å². The van der Waals surface area contributed by atoms with Crippen LogP contribution in [0.5, 0.6) is 5.75 Å². The zero-order chi connectivity index (χ0) is 28.9. The number of anilines is 2. The fraction of sp³-hybridized carbons (Fsp3) is 0.276. The van der Waals surface area contributed by atoms with E-state index < -0.39 is 34.2 Å². The molecule has 2 saturated heterocycles. The summed E-state index contributed by atoms with van der Waals surface area (Å²) >= 11 is 6.44. The summed E-state index contributed by atoms with van der Waals surface area (Å²) in [6.07, 6.45) is -0.101. The number of urea groups is 1. The van der Waals surface area contributed by atoms with E-state index in [0.29, 0.717) is 42.5 Å². The number of nitrogens with zero attached hydrogens (tertiary/aromatic N) is 4. The number of methoxy groups -OCH3 is 1. The van der Waals surface area contributed by atoms with Gasteiger partial charge in [0.15, 0.2) is 5.41 Å². The normalized spacial score (nSPS) is 22.3. The number of piperazine rings is 1. The van der Waals surface area contributed by atoms with E-state index in [1.54, 1.807) is 30.3 Å². The van der Waals surface area contributed by atoms with E-state index in [0.717, 1.165) is 16.2 Å². The van der Waals surface area contributed by atoms with Crippen LogP contribution in [0.4, 0.5) is 21.9 Å². The topological polar surface area (TPSA) is 125 Å². The van der Waals surface area contributed by atoms with Crippen molar-refractivity contribution in [3.8, 4) is 5.75 Å². The molecule has 1 N–H and O–H groups in total. The van der Waals surface area contributed by atoms with Crippen LogP contribution in [0.15, 0.2) is 66.7 Å². The number of amides is 4. The van der Waals surface area contributed by atoms with E-state index >= 15 is 0 Å². The van der Waals surface area contributed by atoms with Crippen molar-refractivity contribution in [2.24, 2.45) is 5.41 Å². The van der Waals surface area contributed by atoms with Crippen LogP contribution < -0.4 is 19.9 Å². The first-order chi connectivity index (χ1) is 19.7. The van der Waals surface area contributed by atoms with Gasteiger partial charge >= 0.3 is 6.03 Å². The number of imide groups is 2. The molecule has 0 aliphatic carbocycles. The zero-order valence-corrected chi connectivity index (χ0v) is 22.8. The minimum Gasteiger partial charge on any atom is -0.497 e. The lowest BCUT2D eigenvalue weighted by Gasteiger charge is -2.55. The van der Waals surface area contributed by atoms with E-state index in [1.807, 2.05) is 29.2 Å². The van der Waals surface area contributed by atoms with Crippen LogP contribution in [-0.4, -0.2) is 60.5 Å². The number of nitro groups is 1. The molecule has 3 heterocycles. The van der Waals surface area contributed by atoms with Gasteiger partial charge in [-0.25, -0.2) is 9.69 Å². The van der Waals surface area contributed by atoms with Gasteiger partial charge in [-0.3, -0.25) is 29.9 Å². The van der Waals surface area contributed by atoms with Crippen LogP contribution >= 0.6 is 11.6 Å². The van der Waals surface area contributed by atoms with Gasteiger partial charge in [0.05, 0.1) is 23.8 Å². The molecule has 1 spiro atoms. The number of carbonyl (C=O) groups is 3. The third-order valence-corrected chi connectivity index (χ3v) is 8.55. The highest BCUT2D eigenvalue weighted by molar-refractivity contribution is 6.31. The average Bonchev–Trinajstić information content (AvgIpc) is 2.97. The Bertz CT molecular complexity index is 1580. The Labute approximate surface area is 240 Å². The van der Waals surface area contributed by atoms with E-state index in [1.165, 1.54) is 19.2 Å². The van der Waals surface area contributed by atoms with Crippen LogP contribution in [0, 0.1) is 15.5 Å². The number of nitrogens with one attached hydrogen (secondary N) is 1. The molecule has 3 aliphatic heterocycles. The first-order valence-electron chi connectivity index (χ1n) is 13.1. The molecule has 6 rings (SSSR count). The summed E-state index contributed by atoms with van der Waals surface area (Å²) in [6.45, 7) is 1.89. The first kappa shape index (κ1) is 26.7. The number of barbiturate groups is 1. The number of hydrogen-bond donors (Lipinski definition) is 1. The minimum absolute atomic E-state index is 0.101. The number of rotatable bonds is 5. The quantitative estimate of drug-likeness (QED) is 0.277. The summed E-state index contributed by atoms with van der Waals surface area (Å²) in [6, 6.07) is 16.9. The number of carbonyl (C=O) groups excluding carboxylic acids is 3. The first-order valence-corrected chi connectivity index (χ1v) is 13.4. The van der Waals surface area contributed by atoms with Crippen molar-refractivity contribution >= 4 is 46.5 Å². The number of hydrogen-bond acceptors (Lipinski definition) is 8. The Balaban J connectivity index is 1.45. The fourth-order valence-corrected chi connectivity index (χ4v) is 6.35. The number of ether oxygens (including phenoxy) is 1. The Morgan fingerprint density at radius 3 is 2.54 bits per heavy atom. The Morgan fingerprint density at radius 1 is 1.07 bits per heavy atom. The SMILES string of the molecule is COc1ccc(N2C(=O)NC(=O)[C@]3(Cc4cc([N+](=O)[O-])ccc4N4CCN(Cc5ccccc5Cl)C[C@H]43)C2=O)cc1. The van der Waals surface area contributed by atoms with Gasteiger partial charge < -0.3 is 9.64 Å². The lowest BCUT2D eigenvalue weighted by molar-refractivity contribution is -0.384. The molecule has 0 aromatic heterocycles. The third-order valence-electron chi connectivity index (χ3n) is 8.18. The van der Waals surface area contributed by atoms with E-state index in [9.17, 15) is 24.5 Å². The van der Waals surface area contributed by atoms with Crippen LogP contribution in [0.2, 0.25) is 5.02 Å². The van der Waals surface area contributed by atoms with E-state index in [2.05, 4.69) is 10.2 Å². The Morgan fingerprint density at radius 2 is 1.83 bits per heavy atom. The number of non-ortho nitro benzene ring substituents is 1. The minimum atomic E-state index is -1.73. The van der Waals surface area contributed by atoms with Crippen molar-refractivity contribution in [3.05, 3.63) is 93.0 Å². The molecule has 0 unspecified atom stereocenters. The van der Waals surface area contributed by atoms with Crippen molar-refractivity contribution in [2.75, 3.05) is 36.5 Å². The molecule has 4 amide bonds. The lowest BCUT2D eigenvalue weighted by atomic mass is 9.67. The average molecular weight is 576 g/mol. The maximum Gasteiger partial charge on any atom is 0.335 e. The summed E-state index contributed by atoms with van der Waals surface area (Å²) in [4.78, 5) is 57.7. The van der Waals surface area contributed by atoms with Gasteiger partial charge in [-0.1, -0.05) is 29.8 Å². The van der Waals surface area contributed by atoms with E-state index in [-0.39, 0.29) is 17.8 Å². The van der Waals surface area contributed by atoms with E-state index in [4.69, 9.17) is 16.3 Å². The van der Waals surface area contributed by atoms with Crippen LogP contribution in [0.25, 0.3) is 0 Å². The molecular weight excluding hydrogens is 550 g/mol. The number of fused-ring (bicyclic) bond motifs is 4. The largest absolute Gasteiger partial charge is 0.497 e. The Kier molecular flexibility index (Phi) is 6.63. The van der Waals surface area contributed by atoms with Crippen molar-refractivity contribution in [3.63, 3.8) is 0 Å². The summed E-state index contributed by atoms with van der Waals surface area (Å²) in [5, 5.41) is 14.6. The maximum atomic E-state index is 14.5. The lowest BCUT2D eigenvalue weighted by Crippen LogP contribution is -2.75. The highest BCUT2D eigenvalue weighted by atomic mass is 35.5. The predicted molar refractivity (Wildman–Crippen MR) is 151 cm³/mol.